The summed E-state index contributed by atoms with van der Waals surface area (Å²) < 4.78 is 10.7. The number of furan rings is 2. The van der Waals surface area contributed by atoms with E-state index in [-0.39, 0.29) is 16.5 Å². The Kier molecular flexibility index (Phi) is 5.84. The maximum absolute atomic E-state index is 12.6. The Hall–Kier alpha value is -3.48. The molecule has 6 nitrogen and oxygen atoms in total. The third kappa shape index (κ3) is 4.66. The van der Waals surface area contributed by atoms with Gasteiger partial charge in [-0.1, -0.05) is 35.3 Å². The molecule has 156 valence electrons. The van der Waals surface area contributed by atoms with E-state index in [1.165, 1.54) is 12.3 Å². The number of carbonyl (C=O) groups excluding carboxylic acids is 2. The van der Waals surface area contributed by atoms with Crippen LogP contribution in [-0.4, -0.2) is 11.8 Å². The Labute approximate surface area is 187 Å². The zero-order chi connectivity index (χ0) is 22.0. The van der Waals surface area contributed by atoms with Gasteiger partial charge in [0.05, 0.1) is 17.0 Å². The fourth-order valence-electron chi connectivity index (χ4n) is 2.84. The third-order valence-corrected chi connectivity index (χ3v) is 5.23. The minimum atomic E-state index is -0.437. The van der Waals surface area contributed by atoms with Crippen LogP contribution in [0.5, 0.6) is 0 Å². The molecule has 0 aliphatic rings. The first-order chi connectivity index (χ1) is 14.9. The van der Waals surface area contributed by atoms with Crippen molar-refractivity contribution in [2.45, 2.75) is 6.92 Å². The second-order valence-electron chi connectivity index (χ2n) is 6.71. The number of hydrogen-bond acceptors (Lipinski definition) is 4. The topological polar surface area (TPSA) is 84.5 Å². The van der Waals surface area contributed by atoms with Crippen molar-refractivity contribution in [3.05, 3.63) is 94.1 Å². The predicted molar refractivity (Wildman–Crippen MR) is 120 cm³/mol. The zero-order valence-corrected chi connectivity index (χ0v) is 17.8. The fourth-order valence-corrected chi connectivity index (χ4v) is 3.25. The van der Waals surface area contributed by atoms with Gasteiger partial charge in [-0.15, -0.1) is 0 Å². The molecule has 4 rings (SSSR count). The molecule has 2 aromatic carbocycles. The smallest absolute Gasteiger partial charge is 0.291 e. The second-order valence-corrected chi connectivity index (χ2v) is 7.52. The molecule has 31 heavy (non-hydrogen) atoms. The summed E-state index contributed by atoms with van der Waals surface area (Å²) >= 11 is 12.4. The first kappa shape index (κ1) is 20.8. The van der Waals surface area contributed by atoms with Gasteiger partial charge in [0.25, 0.3) is 11.8 Å². The monoisotopic (exact) mass is 454 g/mol. The zero-order valence-electron chi connectivity index (χ0n) is 16.2. The van der Waals surface area contributed by atoms with Crippen LogP contribution in [0.1, 0.15) is 26.7 Å². The van der Waals surface area contributed by atoms with Crippen LogP contribution in [0.4, 0.5) is 11.4 Å². The van der Waals surface area contributed by atoms with Gasteiger partial charge in [-0.05, 0) is 61.0 Å². The molecule has 0 aliphatic heterocycles. The second kappa shape index (κ2) is 8.71. The van der Waals surface area contributed by atoms with Crippen molar-refractivity contribution >= 4 is 46.4 Å². The molecular formula is C23H16Cl2N2O4. The highest BCUT2D eigenvalue weighted by molar-refractivity contribution is 6.34. The summed E-state index contributed by atoms with van der Waals surface area (Å²) in [5.74, 6) is -0.0353. The van der Waals surface area contributed by atoms with E-state index in [9.17, 15) is 9.59 Å². The lowest BCUT2D eigenvalue weighted by atomic mass is 10.1. The number of halogens is 2. The van der Waals surface area contributed by atoms with Gasteiger partial charge in [0, 0.05) is 16.3 Å². The van der Waals surface area contributed by atoms with Crippen LogP contribution in [0.2, 0.25) is 10.0 Å². The molecule has 0 saturated carbocycles. The lowest BCUT2D eigenvalue weighted by Crippen LogP contribution is -2.13. The number of carbonyl (C=O) groups is 2. The average Bonchev–Trinajstić information content (AvgIpc) is 3.44. The molecule has 0 atom stereocenters. The van der Waals surface area contributed by atoms with E-state index in [2.05, 4.69) is 10.6 Å². The quantitative estimate of drug-likeness (QED) is 0.353. The molecule has 0 radical (unpaired) electrons. The standard InChI is InChI=1S/C23H16Cl2N2O4/c1-13-4-5-14(11-16(13)24)19-8-9-21(31-19)23(29)26-15-6-7-18(17(25)12-15)27-22(28)20-3-2-10-30-20/h2-12H,1H3,(H,26,29)(H,27,28). The van der Waals surface area contributed by atoms with Crippen molar-refractivity contribution in [3.8, 4) is 11.3 Å². The Morgan fingerprint density at radius 2 is 1.65 bits per heavy atom. The summed E-state index contributed by atoms with van der Waals surface area (Å²) in [4.78, 5) is 24.6. The van der Waals surface area contributed by atoms with E-state index in [1.54, 1.807) is 42.5 Å². The van der Waals surface area contributed by atoms with E-state index in [0.717, 1.165) is 11.1 Å². The van der Waals surface area contributed by atoms with Crippen molar-refractivity contribution in [3.63, 3.8) is 0 Å². The largest absolute Gasteiger partial charge is 0.459 e. The molecule has 4 aromatic rings. The van der Waals surface area contributed by atoms with E-state index < -0.39 is 11.8 Å². The average molecular weight is 455 g/mol. The molecule has 0 saturated heterocycles. The van der Waals surface area contributed by atoms with Gasteiger partial charge >= 0.3 is 0 Å². The number of nitrogens with one attached hydrogen (secondary N) is 2. The SMILES string of the molecule is Cc1ccc(-c2ccc(C(=O)Nc3ccc(NC(=O)c4ccco4)c(Cl)c3)o2)cc1Cl. The molecule has 0 aliphatic carbocycles. The summed E-state index contributed by atoms with van der Waals surface area (Å²) in [6.45, 7) is 1.91. The van der Waals surface area contributed by atoms with Crippen molar-refractivity contribution in [2.75, 3.05) is 10.6 Å². The van der Waals surface area contributed by atoms with E-state index in [4.69, 9.17) is 32.0 Å². The minimum Gasteiger partial charge on any atom is -0.459 e. The number of anilines is 2. The minimum absolute atomic E-state index is 0.137. The summed E-state index contributed by atoms with van der Waals surface area (Å²) in [7, 11) is 0. The summed E-state index contributed by atoms with van der Waals surface area (Å²) in [6, 6.07) is 16.7. The first-order valence-electron chi connectivity index (χ1n) is 9.23. The van der Waals surface area contributed by atoms with E-state index >= 15 is 0 Å². The Morgan fingerprint density at radius 3 is 2.35 bits per heavy atom. The number of amides is 2. The fraction of sp³-hybridized carbons (Fsp3) is 0.0435. The molecule has 0 spiro atoms. The number of rotatable bonds is 5. The van der Waals surface area contributed by atoms with E-state index in [1.807, 2.05) is 19.1 Å². The van der Waals surface area contributed by atoms with Gasteiger partial charge in [-0.25, -0.2) is 0 Å². The first-order valence-corrected chi connectivity index (χ1v) is 9.98. The number of aryl methyl sites for hydroxylation is 1. The van der Waals surface area contributed by atoms with Gasteiger partial charge in [0.15, 0.2) is 11.5 Å². The predicted octanol–water partition coefficient (Wildman–Crippen LogP) is 6.66. The van der Waals surface area contributed by atoms with Gasteiger partial charge in [0.2, 0.25) is 0 Å². The molecule has 0 bridgehead atoms. The Balaban J connectivity index is 1.45. The normalized spacial score (nSPS) is 10.7. The van der Waals surface area contributed by atoms with Crippen LogP contribution < -0.4 is 10.6 Å². The van der Waals surface area contributed by atoms with Crippen molar-refractivity contribution in [1.29, 1.82) is 0 Å². The highest BCUT2D eigenvalue weighted by atomic mass is 35.5. The molecule has 8 heteroatoms. The Morgan fingerprint density at radius 1 is 0.839 bits per heavy atom. The van der Waals surface area contributed by atoms with Crippen LogP contribution in [-0.2, 0) is 0 Å². The molecule has 0 unspecified atom stereocenters. The molecule has 2 N–H and O–H groups in total. The van der Waals surface area contributed by atoms with Gasteiger partial charge < -0.3 is 19.5 Å². The maximum Gasteiger partial charge on any atom is 0.291 e. The van der Waals surface area contributed by atoms with Gasteiger partial charge in [-0.3, -0.25) is 9.59 Å². The molecule has 2 aromatic heterocycles. The maximum atomic E-state index is 12.6. The highest BCUT2D eigenvalue weighted by Crippen LogP contribution is 2.29. The highest BCUT2D eigenvalue weighted by Gasteiger charge is 2.15. The van der Waals surface area contributed by atoms with Crippen LogP contribution >= 0.6 is 23.2 Å². The Bertz CT molecular complexity index is 1260. The lowest BCUT2D eigenvalue weighted by molar-refractivity contribution is 0.0989. The van der Waals surface area contributed by atoms with Crippen molar-refractivity contribution < 1.29 is 18.4 Å². The van der Waals surface area contributed by atoms with Crippen molar-refractivity contribution in [1.82, 2.24) is 0 Å². The van der Waals surface area contributed by atoms with Crippen molar-refractivity contribution in [2.24, 2.45) is 0 Å². The summed E-state index contributed by atoms with van der Waals surface area (Å²) in [5, 5.41) is 6.24. The lowest BCUT2D eigenvalue weighted by Gasteiger charge is -2.09. The molecule has 2 heterocycles. The summed E-state index contributed by atoms with van der Waals surface area (Å²) in [5.41, 5.74) is 2.56. The number of hydrogen-bond donors (Lipinski definition) is 2. The molecule has 0 fully saturated rings. The summed E-state index contributed by atoms with van der Waals surface area (Å²) in [6.07, 6.45) is 1.41. The van der Waals surface area contributed by atoms with Crippen LogP contribution in [0.3, 0.4) is 0 Å². The van der Waals surface area contributed by atoms with Gasteiger partial charge in [0.1, 0.15) is 5.76 Å². The number of benzene rings is 2. The van der Waals surface area contributed by atoms with E-state index in [0.29, 0.717) is 22.2 Å². The van der Waals surface area contributed by atoms with Gasteiger partial charge in [-0.2, -0.15) is 0 Å². The molecular weight excluding hydrogens is 439 g/mol. The van der Waals surface area contributed by atoms with Crippen LogP contribution in [0.15, 0.2) is 75.8 Å². The van der Waals surface area contributed by atoms with Crippen LogP contribution in [0, 0.1) is 6.92 Å². The molecule has 2 amide bonds. The van der Waals surface area contributed by atoms with Crippen LogP contribution in [0.25, 0.3) is 11.3 Å². The third-order valence-electron chi connectivity index (χ3n) is 4.51.